The van der Waals surface area contributed by atoms with Crippen molar-refractivity contribution in [3.8, 4) is 0 Å². The largest absolute Gasteiger partial charge is 0.331 e. The monoisotopic (exact) mass is 308 g/mol. The summed E-state index contributed by atoms with van der Waals surface area (Å²) in [5.41, 5.74) is 0.729. The molecule has 1 atom stereocenters. The molecule has 8 heteroatoms. The van der Waals surface area contributed by atoms with E-state index >= 15 is 0 Å². The SMILES string of the molecule is Cc1nc([C@@H]2CCCN2C(=O)Cn2cc(Cl)c(C)n2)n[nH]1. The maximum absolute atomic E-state index is 12.5. The van der Waals surface area contributed by atoms with Crippen molar-refractivity contribution in [2.24, 2.45) is 0 Å². The van der Waals surface area contributed by atoms with Crippen molar-refractivity contribution in [3.63, 3.8) is 0 Å². The van der Waals surface area contributed by atoms with Gasteiger partial charge in [0, 0.05) is 12.7 Å². The van der Waals surface area contributed by atoms with Crippen LogP contribution in [-0.4, -0.2) is 42.3 Å². The summed E-state index contributed by atoms with van der Waals surface area (Å²) in [6, 6.07) is -0.0467. The van der Waals surface area contributed by atoms with Crippen LogP contribution >= 0.6 is 11.6 Å². The quantitative estimate of drug-likeness (QED) is 0.934. The number of carbonyl (C=O) groups excluding carboxylic acids is 1. The van der Waals surface area contributed by atoms with E-state index < -0.39 is 0 Å². The van der Waals surface area contributed by atoms with E-state index in [2.05, 4.69) is 20.3 Å². The lowest BCUT2D eigenvalue weighted by atomic mass is 10.2. The van der Waals surface area contributed by atoms with Crippen molar-refractivity contribution in [2.45, 2.75) is 39.3 Å². The number of amides is 1. The van der Waals surface area contributed by atoms with E-state index in [1.54, 1.807) is 10.9 Å². The van der Waals surface area contributed by atoms with Gasteiger partial charge in [-0.3, -0.25) is 14.6 Å². The summed E-state index contributed by atoms with van der Waals surface area (Å²) in [6.45, 7) is 4.59. The van der Waals surface area contributed by atoms with Gasteiger partial charge in [0.05, 0.1) is 16.8 Å². The van der Waals surface area contributed by atoms with E-state index in [-0.39, 0.29) is 18.5 Å². The molecule has 0 bridgehead atoms. The van der Waals surface area contributed by atoms with Crippen LogP contribution in [0.3, 0.4) is 0 Å². The molecule has 0 saturated carbocycles. The molecule has 0 spiro atoms. The molecule has 1 N–H and O–H groups in total. The topological polar surface area (TPSA) is 79.7 Å². The van der Waals surface area contributed by atoms with Crippen molar-refractivity contribution >= 4 is 17.5 Å². The summed E-state index contributed by atoms with van der Waals surface area (Å²) < 4.78 is 1.58. The van der Waals surface area contributed by atoms with Crippen LogP contribution in [0.15, 0.2) is 6.20 Å². The van der Waals surface area contributed by atoms with Gasteiger partial charge in [-0.05, 0) is 26.7 Å². The number of aromatic nitrogens is 5. The maximum Gasteiger partial charge on any atom is 0.244 e. The molecule has 0 aliphatic carbocycles. The first-order valence-corrected chi connectivity index (χ1v) is 7.30. The Balaban J connectivity index is 1.74. The molecule has 1 aliphatic rings. The standard InChI is InChI=1S/C13H17ClN6O/c1-8-10(14)6-19(18-8)7-12(21)20-5-3-4-11(20)13-15-9(2)16-17-13/h6,11H,3-5,7H2,1-2H3,(H,15,16,17)/t11-/m0/s1. The van der Waals surface area contributed by atoms with Crippen molar-refractivity contribution in [2.75, 3.05) is 6.54 Å². The Kier molecular flexibility index (Phi) is 3.67. The molecule has 1 aliphatic heterocycles. The van der Waals surface area contributed by atoms with Crippen LogP contribution in [0.4, 0.5) is 0 Å². The first kappa shape index (κ1) is 14.1. The normalized spacial score (nSPS) is 18.4. The molecule has 0 radical (unpaired) electrons. The lowest BCUT2D eigenvalue weighted by molar-refractivity contribution is -0.133. The summed E-state index contributed by atoms with van der Waals surface area (Å²) in [6.07, 6.45) is 3.53. The number of rotatable bonds is 3. The number of nitrogens with zero attached hydrogens (tertiary/aromatic N) is 5. The minimum Gasteiger partial charge on any atom is -0.331 e. The van der Waals surface area contributed by atoms with Crippen LogP contribution in [0.5, 0.6) is 0 Å². The zero-order chi connectivity index (χ0) is 15.0. The van der Waals surface area contributed by atoms with Gasteiger partial charge < -0.3 is 4.90 Å². The Morgan fingerprint density at radius 3 is 2.95 bits per heavy atom. The predicted molar refractivity (Wildman–Crippen MR) is 76.8 cm³/mol. The Morgan fingerprint density at radius 2 is 2.33 bits per heavy atom. The smallest absolute Gasteiger partial charge is 0.244 e. The molecule has 0 unspecified atom stereocenters. The molecule has 2 aromatic rings. The van der Waals surface area contributed by atoms with Gasteiger partial charge in [-0.1, -0.05) is 11.6 Å². The van der Waals surface area contributed by atoms with E-state index in [0.717, 1.165) is 30.9 Å². The number of H-pyrrole nitrogens is 1. The molecular formula is C13H17ClN6O. The molecule has 1 saturated heterocycles. The number of aryl methyl sites for hydroxylation is 2. The summed E-state index contributed by atoms with van der Waals surface area (Å²) in [5.74, 6) is 1.46. The van der Waals surface area contributed by atoms with Gasteiger partial charge in [0.25, 0.3) is 0 Å². The highest BCUT2D eigenvalue weighted by molar-refractivity contribution is 6.31. The molecule has 3 rings (SSSR count). The second-order valence-corrected chi connectivity index (χ2v) is 5.69. The van der Waals surface area contributed by atoms with Crippen molar-refractivity contribution < 1.29 is 4.79 Å². The van der Waals surface area contributed by atoms with Crippen molar-refractivity contribution in [1.29, 1.82) is 0 Å². The summed E-state index contributed by atoms with van der Waals surface area (Å²) >= 11 is 5.97. The van der Waals surface area contributed by atoms with Crippen LogP contribution in [0.25, 0.3) is 0 Å². The number of hydrogen-bond acceptors (Lipinski definition) is 4. The molecule has 1 amide bonds. The highest BCUT2D eigenvalue weighted by atomic mass is 35.5. The van der Waals surface area contributed by atoms with Crippen LogP contribution in [-0.2, 0) is 11.3 Å². The highest BCUT2D eigenvalue weighted by Crippen LogP contribution is 2.30. The minimum absolute atomic E-state index is 0.0131. The molecular weight excluding hydrogens is 292 g/mol. The average molecular weight is 309 g/mol. The van der Waals surface area contributed by atoms with E-state index in [4.69, 9.17) is 11.6 Å². The summed E-state index contributed by atoms with van der Waals surface area (Å²) in [7, 11) is 0. The number of carbonyl (C=O) groups is 1. The predicted octanol–water partition coefficient (Wildman–Crippen LogP) is 1.64. The molecule has 0 aromatic carbocycles. The number of nitrogens with one attached hydrogen (secondary N) is 1. The van der Waals surface area contributed by atoms with E-state index in [1.807, 2.05) is 18.7 Å². The lowest BCUT2D eigenvalue weighted by Crippen LogP contribution is -2.34. The third-order valence-corrected chi connectivity index (χ3v) is 4.04. The lowest BCUT2D eigenvalue weighted by Gasteiger charge is -2.22. The second kappa shape index (κ2) is 5.48. The molecule has 2 aromatic heterocycles. The van der Waals surface area contributed by atoms with Crippen LogP contribution in [0.1, 0.15) is 36.2 Å². The third kappa shape index (κ3) is 2.78. The fourth-order valence-electron chi connectivity index (χ4n) is 2.65. The first-order valence-electron chi connectivity index (χ1n) is 6.92. The van der Waals surface area contributed by atoms with Gasteiger partial charge in [0.15, 0.2) is 5.82 Å². The van der Waals surface area contributed by atoms with Crippen LogP contribution in [0.2, 0.25) is 5.02 Å². The van der Waals surface area contributed by atoms with Gasteiger partial charge in [-0.2, -0.15) is 10.2 Å². The zero-order valence-electron chi connectivity index (χ0n) is 12.0. The second-order valence-electron chi connectivity index (χ2n) is 5.28. The maximum atomic E-state index is 12.5. The fourth-order valence-corrected chi connectivity index (χ4v) is 2.80. The van der Waals surface area contributed by atoms with Gasteiger partial charge in [0.2, 0.25) is 5.91 Å². The number of aromatic amines is 1. The van der Waals surface area contributed by atoms with Gasteiger partial charge >= 0.3 is 0 Å². The van der Waals surface area contributed by atoms with Crippen molar-refractivity contribution in [1.82, 2.24) is 29.9 Å². The van der Waals surface area contributed by atoms with E-state index in [0.29, 0.717) is 10.8 Å². The first-order chi connectivity index (χ1) is 10.0. The van der Waals surface area contributed by atoms with E-state index in [9.17, 15) is 4.79 Å². The van der Waals surface area contributed by atoms with Crippen LogP contribution < -0.4 is 0 Å². The number of halogens is 1. The van der Waals surface area contributed by atoms with E-state index in [1.165, 1.54) is 0 Å². The van der Waals surface area contributed by atoms with Gasteiger partial charge in [-0.25, -0.2) is 4.98 Å². The zero-order valence-corrected chi connectivity index (χ0v) is 12.8. The molecule has 112 valence electrons. The highest BCUT2D eigenvalue weighted by Gasteiger charge is 2.32. The number of hydrogen-bond donors (Lipinski definition) is 1. The van der Waals surface area contributed by atoms with Crippen molar-refractivity contribution in [3.05, 3.63) is 28.6 Å². The average Bonchev–Trinajstić information content (AvgIpc) is 3.11. The molecule has 1 fully saturated rings. The minimum atomic E-state index is -0.0467. The molecule has 7 nitrogen and oxygen atoms in total. The Labute approximate surface area is 127 Å². The Bertz CT molecular complexity index is 644. The Morgan fingerprint density at radius 1 is 1.52 bits per heavy atom. The van der Waals surface area contributed by atoms with Gasteiger partial charge in [-0.15, -0.1) is 0 Å². The number of likely N-dealkylation sites (tertiary alicyclic amines) is 1. The molecule has 21 heavy (non-hydrogen) atoms. The summed E-state index contributed by atoms with van der Waals surface area (Å²) in [5, 5.41) is 11.8. The van der Waals surface area contributed by atoms with Gasteiger partial charge in [0.1, 0.15) is 12.4 Å². The molecule has 3 heterocycles. The third-order valence-electron chi connectivity index (χ3n) is 3.67. The Hall–Kier alpha value is -1.89. The fraction of sp³-hybridized carbons (Fsp3) is 0.538. The summed E-state index contributed by atoms with van der Waals surface area (Å²) in [4.78, 5) is 18.7. The van der Waals surface area contributed by atoms with Crippen LogP contribution in [0, 0.1) is 13.8 Å².